The molecule has 1 aromatic heterocycles. The van der Waals surface area contributed by atoms with Gasteiger partial charge in [-0.15, -0.1) is 0 Å². The molecule has 24 heavy (non-hydrogen) atoms. The largest absolute Gasteiger partial charge is 0.462 e. The molecule has 1 saturated heterocycles. The lowest BCUT2D eigenvalue weighted by atomic mass is 9.99. The fraction of sp³-hybridized carbons (Fsp3) is 0.438. The summed E-state index contributed by atoms with van der Waals surface area (Å²) >= 11 is 0. The van der Waals surface area contributed by atoms with Gasteiger partial charge in [0.2, 0.25) is 6.29 Å². The Morgan fingerprint density at radius 2 is 1.88 bits per heavy atom. The Morgan fingerprint density at radius 1 is 1.12 bits per heavy atom. The van der Waals surface area contributed by atoms with Gasteiger partial charge in [0.15, 0.2) is 0 Å². The van der Waals surface area contributed by atoms with Gasteiger partial charge in [-0.05, 0) is 24.6 Å². The normalized spacial score (nSPS) is 30.5. The van der Waals surface area contributed by atoms with E-state index in [0.29, 0.717) is 5.58 Å². The zero-order valence-electron chi connectivity index (χ0n) is 12.8. The third-order valence-electron chi connectivity index (χ3n) is 4.02. The summed E-state index contributed by atoms with van der Waals surface area (Å²) in [5.74, 6) is 0.237. The summed E-state index contributed by atoms with van der Waals surface area (Å²) < 4.78 is 15.9. The smallest absolute Gasteiger partial charge is 0.336 e. The first kappa shape index (κ1) is 16.9. The minimum Gasteiger partial charge on any atom is -0.462 e. The van der Waals surface area contributed by atoms with Gasteiger partial charge in [0.05, 0.1) is 6.61 Å². The van der Waals surface area contributed by atoms with Gasteiger partial charge in [0.1, 0.15) is 35.7 Å². The molecule has 2 unspecified atom stereocenters. The van der Waals surface area contributed by atoms with Crippen molar-refractivity contribution in [3.05, 3.63) is 40.2 Å². The Balaban J connectivity index is 1.87. The monoisotopic (exact) mass is 338 g/mol. The molecule has 5 atom stereocenters. The molecular formula is C16H18O8. The zero-order chi connectivity index (χ0) is 17.4. The first-order chi connectivity index (χ1) is 11.4. The van der Waals surface area contributed by atoms with Crippen molar-refractivity contribution in [2.24, 2.45) is 0 Å². The second-order valence-corrected chi connectivity index (χ2v) is 5.72. The molecule has 3 rings (SSSR count). The van der Waals surface area contributed by atoms with E-state index < -0.39 is 42.9 Å². The average Bonchev–Trinajstić information content (AvgIpc) is 2.55. The molecular weight excluding hydrogens is 320 g/mol. The molecule has 8 heteroatoms. The van der Waals surface area contributed by atoms with E-state index >= 15 is 0 Å². The van der Waals surface area contributed by atoms with Crippen molar-refractivity contribution < 1.29 is 34.3 Å². The molecule has 8 nitrogen and oxygen atoms in total. The molecule has 1 aliphatic heterocycles. The number of hydrogen-bond donors (Lipinski definition) is 4. The maximum absolute atomic E-state index is 11.5. The van der Waals surface area contributed by atoms with Gasteiger partial charge in [-0.1, -0.05) is 0 Å². The zero-order valence-corrected chi connectivity index (χ0v) is 12.8. The molecule has 1 fully saturated rings. The summed E-state index contributed by atoms with van der Waals surface area (Å²) in [6.07, 6.45) is -6.85. The lowest BCUT2D eigenvalue weighted by molar-refractivity contribution is -0.277. The van der Waals surface area contributed by atoms with Gasteiger partial charge in [-0.2, -0.15) is 0 Å². The van der Waals surface area contributed by atoms with Crippen LogP contribution in [0.2, 0.25) is 0 Å². The molecule has 0 bridgehead atoms. The van der Waals surface area contributed by atoms with Crippen LogP contribution in [0.25, 0.3) is 11.0 Å². The van der Waals surface area contributed by atoms with E-state index in [1.807, 2.05) is 0 Å². The van der Waals surface area contributed by atoms with Crippen molar-refractivity contribution in [1.82, 2.24) is 0 Å². The minimum absolute atomic E-state index is 0.237. The van der Waals surface area contributed by atoms with Crippen molar-refractivity contribution in [2.45, 2.75) is 37.6 Å². The quantitative estimate of drug-likeness (QED) is 0.540. The highest BCUT2D eigenvalue weighted by atomic mass is 16.7. The molecule has 2 heterocycles. The van der Waals surface area contributed by atoms with Crippen LogP contribution >= 0.6 is 0 Å². The molecule has 0 radical (unpaired) electrons. The van der Waals surface area contributed by atoms with E-state index in [0.717, 1.165) is 10.9 Å². The fourth-order valence-electron chi connectivity index (χ4n) is 2.68. The van der Waals surface area contributed by atoms with Crippen LogP contribution in [0, 0.1) is 6.92 Å². The van der Waals surface area contributed by atoms with Crippen LogP contribution in [0.3, 0.4) is 0 Å². The van der Waals surface area contributed by atoms with Crippen molar-refractivity contribution in [2.75, 3.05) is 6.61 Å². The van der Waals surface area contributed by atoms with Crippen LogP contribution in [0.1, 0.15) is 5.56 Å². The number of aryl methyl sites for hydroxylation is 1. The van der Waals surface area contributed by atoms with Crippen molar-refractivity contribution in [3.8, 4) is 5.75 Å². The SMILES string of the molecule is Cc1cc(=O)oc2cc(O[C@@H]3OC(CO)[C@@H](O)[C@@H](O)C3O)ccc12. The predicted octanol–water partition coefficient (Wildman–Crippen LogP) is -0.720. The van der Waals surface area contributed by atoms with Gasteiger partial charge < -0.3 is 34.3 Å². The van der Waals surface area contributed by atoms with Crippen LogP contribution in [0.15, 0.2) is 33.5 Å². The Labute approximate surface area is 136 Å². The van der Waals surface area contributed by atoms with E-state index in [1.165, 1.54) is 12.1 Å². The molecule has 4 N–H and O–H groups in total. The summed E-state index contributed by atoms with van der Waals surface area (Å²) in [6, 6.07) is 6.12. The number of hydrogen-bond acceptors (Lipinski definition) is 8. The second kappa shape index (κ2) is 6.50. The molecule has 1 aliphatic rings. The number of fused-ring (bicyclic) bond motifs is 1. The summed E-state index contributed by atoms with van der Waals surface area (Å²) in [5, 5.41) is 39.4. The maximum Gasteiger partial charge on any atom is 0.336 e. The summed E-state index contributed by atoms with van der Waals surface area (Å²) in [4.78, 5) is 11.5. The Bertz CT molecular complexity index is 783. The number of ether oxygens (including phenoxy) is 2. The number of benzene rings is 1. The summed E-state index contributed by atoms with van der Waals surface area (Å²) in [6.45, 7) is 1.23. The van der Waals surface area contributed by atoms with Crippen molar-refractivity contribution in [1.29, 1.82) is 0 Å². The van der Waals surface area contributed by atoms with Crippen molar-refractivity contribution >= 4 is 11.0 Å². The Morgan fingerprint density at radius 3 is 2.58 bits per heavy atom. The summed E-state index contributed by atoms with van der Waals surface area (Å²) in [7, 11) is 0. The van der Waals surface area contributed by atoms with Crippen LogP contribution < -0.4 is 10.4 Å². The molecule has 130 valence electrons. The van der Waals surface area contributed by atoms with Gasteiger partial charge in [-0.25, -0.2) is 4.79 Å². The van der Waals surface area contributed by atoms with Crippen LogP contribution in [-0.4, -0.2) is 57.7 Å². The highest BCUT2D eigenvalue weighted by molar-refractivity contribution is 5.81. The number of rotatable bonds is 3. The first-order valence-electron chi connectivity index (χ1n) is 7.42. The van der Waals surface area contributed by atoms with Gasteiger partial charge in [0.25, 0.3) is 0 Å². The average molecular weight is 338 g/mol. The van der Waals surface area contributed by atoms with Crippen LogP contribution in [0.4, 0.5) is 0 Å². The third-order valence-corrected chi connectivity index (χ3v) is 4.02. The predicted molar refractivity (Wildman–Crippen MR) is 81.6 cm³/mol. The molecule has 1 aromatic carbocycles. The molecule has 2 aromatic rings. The minimum atomic E-state index is -1.53. The number of aliphatic hydroxyl groups excluding tert-OH is 4. The van der Waals surface area contributed by atoms with Gasteiger partial charge >= 0.3 is 5.63 Å². The topological polar surface area (TPSA) is 130 Å². The standard InChI is InChI=1S/C16H18O8/c1-7-4-12(18)23-10-5-8(2-3-9(7)10)22-16-15(21)14(20)13(19)11(6-17)24-16/h2-5,11,13-17,19-21H,6H2,1H3/t11?,13-,14-,15?,16-/m1/s1. The van der Waals surface area contributed by atoms with E-state index in [9.17, 15) is 20.1 Å². The van der Waals surface area contributed by atoms with Gasteiger partial charge in [0, 0.05) is 17.5 Å². The van der Waals surface area contributed by atoms with E-state index in [4.69, 9.17) is 19.0 Å². The Hall–Kier alpha value is -1.97. The highest BCUT2D eigenvalue weighted by Gasteiger charge is 2.44. The highest BCUT2D eigenvalue weighted by Crippen LogP contribution is 2.27. The fourth-order valence-corrected chi connectivity index (χ4v) is 2.68. The Kier molecular flexibility index (Phi) is 4.57. The van der Waals surface area contributed by atoms with Gasteiger partial charge in [-0.3, -0.25) is 0 Å². The second-order valence-electron chi connectivity index (χ2n) is 5.72. The van der Waals surface area contributed by atoms with Crippen molar-refractivity contribution in [3.63, 3.8) is 0 Å². The van der Waals surface area contributed by atoms with Crippen LogP contribution in [-0.2, 0) is 4.74 Å². The molecule has 0 aliphatic carbocycles. The van der Waals surface area contributed by atoms with E-state index in [-0.39, 0.29) is 5.75 Å². The molecule has 0 saturated carbocycles. The lowest BCUT2D eigenvalue weighted by Crippen LogP contribution is -2.60. The lowest BCUT2D eigenvalue weighted by Gasteiger charge is -2.39. The van der Waals surface area contributed by atoms with E-state index in [2.05, 4.69) is 0 Å². The first-order valence-corrected chi connectivity index (χ1v) is 7.42. The maximum atomic E-state index is 11.5. The number of aliphatic hydroxyl groups is 4. The third kappa shape index (κ3) is 3.02. The van der Waals surface area contributed by atoms with Crippen LogP contribution in [0.5, 0.6) is 5.75 Å². The van der Waals surface area contributed by atoms with E-state index in [1.54, 1.807) is 19.1 Å². The molecule has 0 amide bonds. The molecule has 0 spiro atoms. The summed E-state index contributed by atoms with van der Waals surface area (Å²) in [5.41, 5.74) is 0.563.